The summed E-state index contributed by atoms with van der Waals surface area (Å²) in [5.74, 6) is 2.43. The largest absolute Gasteiger partial charge is 0.507 e. The van der Waals surface area contributed by atoms with Crippen molar-refractivity contribution in [2.75, 3.05) is 0 Å². The molecule has 3 heteroatoms. The van der Waals surface area contributed by atoms with Crippen molar-refractivity contribution in [3.05, 3.63) is 47.0 Å². The van der Waals surface area contributed by atoms with Gasteiger partial charge in [-0.05, 0) is 91.7 Å². The van der Waals surface area contributed by atoms with Crippen LogP contribution in [0.1, 0.15) is 61.6 Å². The van der Waals surface area contributed by atoms with Crippen LogP contribution in [-0.4, -0.2) is 16.0 Å². The first-order valence-corrected chi connectivity index (χ1v) is 10.6. The highest BCUT2D eigenvalue weighted by atomic mass is 16.3. The Morgan fingerprint density at radius 1 is 0.964 bits per heavy atom. The number of hydrogen-bond acceptors (Lipinski definition) is 3. The average molecular weight is 376 g/mol. The van der Waals surface area contributed by atoms with E-state index in [-0.39, 0.29) is 16.9 Å². The molecular formula is C25H28O3. The molecule has 0 bridgehead atoms. The fourth-order valence-electron chi connectivity index (χ4n) is 6.46. The first-order chi connectivity index (χ1) is 13.4. The van der Waals surface area contributed by atoms with Crippen molar-refractivity contribution in [3.8, 4) is 22.6 Å². The third-order valence-electron chi connectivity index (χ3n) is 7.99. The standard InChI is InChI=1S/C25H28O3/c1-14-3-5-18(22(26)11-14)20-13-19-15(12-23(20)27)4-6-17-16(19)9-10-25(2)21(17)7-8-24(25)28/h3,5,11-13,16-17,21,26-27H,4,6-10H2,1-2H3/t16-,17+,21-,25-/m0/s1. The predicted molar refractivity (Wildman–Crippen MR) is 110 cm³/mol. The summed E-state index contributed by atoms with van der Waals surface area (Å²) in [6, 6.07) is 9.62. The predicted octanol–water partition coefficient (Wildman–Crippen LogP) is 5.50. The molecule has 2 N–H and O–H groups in total. The third-order valence-corrected chi connectivity index (χ3v) is 7.99. The Balaban J connectivity index is 1.58. The van der Waals surface area contributed by atoms with Crippen molar-refractivity contribution in [1.82, 2.24) is 0 Å². The number of benzene rings is 2. The van der Waals surface area contributed by atoms with Crippen molar-refractivity contribution in [2.45, 2.75) is 58.3 Å². The summed E-state index contributed by atoms with van der Waals surface area (Å²) in [5.41, 5.74) is 4.84. The maximum absolute atomic E-state index is 12.5. The van der Waals surface area contributed by atoms with Gasteiger partial charge in [-0.3, -0.25) is 4.79 Å². The Kier molecular flexibility index (Phi) is 3.88. The second-order valence-electron chi connectivity index (χ2n) is 9.42. The Hall–Kier alpha value is -2.29. The molecule has 3 nitrogen and oxygen atoms in total. The Labute approximate surface area is 166 Å². The zero-order chi connectivity index (χ0) is 19.6. The molecule has 0 unspecified atom stereocenters. The lowest BCUT2D eigenvalue weighted by Crippen LogP contribution is -2.42. The first-order valence-electron chi connectivity index (χ1n) is 10.6. The van der Waals surface area contributed by atoms with Gasteiger partial charge in [0.25, 0.3) is 0 Å². The minimum absolute atomic E-state index is 0.117. The number of fused-ring (bicyclic) bond motifs is 5. The van der Waals surface area contributed by atoms with Crippen molar-refractivity contribution >= 4 is 5.78 Å². The van der Waals surface area contributed by atoms with Crippen LogP contribution in [0.4, 0.5) is 0 Å². The van der Waals surface area contributed by atoms with Gasteiger partial charge in [-0.15, -0.1) is 0 Å². The zero-order valence-corrected chi connectivity index (χ0v) is 16.7. The number of rotatable bonds is 1. The molecule has 28 heavy (non-hydrogen) atoms. The summed E-state index contributed by atoms with van der Waals surface area (Å²) >= 11 is 0. The maximum Gasteiger partial charge on any atom is 0.139 e. The van der Waals surface area contributed by atoms with E-state index in [1.165, 1.54) is 11.1 Å². The quantitative estimate of drug-likeness (QED) is 0.691. The number of hydrogen-bond donors (Lipinski definition) is 2. The molecule has 4 atom stereocenters. The second kappa shape index (κ2) is 6.10. The first kappa shape index (κ1) is 17.8. The molecule has 2 fully saturated rings. The number of aryl methyl sites for hydroxylation is 2. The minimum Gasteiger partial charge on any atom is -0.507 e. The molecule has 2 aromatic rings. The monoisotopic (exact) mass is 376 g/mol. The van der Waals surface area contributed by atoms with Gasteiger partial charge in [0, 0.05) is 23.0 Å². The Bertz CT molecular complexity index is 976. The molecule has 0 aromatic heterocycles. The lowest BCUT2D eigenvalue weighted by molar-refractivity contribution is -0.129. The molecule has 2 aromatic carbocycles. The highest BCUT2D eigenvalue weighted by Crippen LogP contribution is 2.60. The Morgan fingerprint density at radius 3 is 2.54 bits per heavy atom. The van der Waals surface area contributed by atoms with Gasteiger partial charge in [0.15, 0.2) is 0 Å². The van der Waals surface area contributed by atoms with Gasteiger partial charge < -0.3 is 10.2 Å². The van der Waals surface area contributed by atoms with E-state index in [2.05, 4.69) is 13.0 Å². The van der Waals surface area contributed by atoms with E-state index in [0.29, 0.717) is 34.7 Å². The number of carbonyl (C=O) groups excluding carboxylic acids is 1. The van der Waals surface area contributed by atoms with E-state index >= 15 is 0 Å². The molecule has 0 radical (unpaired) electrons. The summed E-state index contributed by atoms with van der Waals surface area (Å²) < 4.78 is 0. The summed E-state index contributed by atoms with van der Waals surface area (Å²) in [5, 5.41) is 21.1. The lowest BCUT2D eigenvalue weighted by atomic mass is 9.55. The van der Waals surface area contributed by atoms with Crippen LogP contribution in [0.15, 0.2) is 30.3 Å². The SMILES string of the molecule is Cc1ccc(-c2cc3c(cc2O)CC[C@@H]2[C@@H]3CC[C@]3(C)C(=O)CC[C@@H]23)c(O)c1. The number of Topliss-reactive ketones (excluding diaryl/α,β-unsaturated/α-hetero) is 1. The van der Waals surface area contributed by atoms with E-state index < -0.39 is 0 Å². The minimum atomic E-state index is -0.117. The molecular weight excluding hydrogens is 348 g/mol. The van der Waals surface area contributed by atoms with E-state index in [4.69, 9.17) is 0 Å². The zero-order valence-electron chi connectivity index (χ0n) is 16.7. The van der Waals surface area contributed by atoms with Gasteiger partial charge in [-0.1, -0.05) is 19.1 Å². The summed E-state index contributed by atoms with van der Waals surface area (Å²) in [6.45, 7) is 4.15. The van der Waals surface area contributed by atoms with Crippen molar-refractivity contribution in [1.29, 1.82) is 0 Å². The second-order valence-corrected chi connectivity index (χ2v) is 9.42. The molecule has 3 aliphatic rings. The van der Waals surface area contributed by atoms with Gasteiger partial charge in [0.2, 0.25) is 0 Å². The lowest BCUT2D eigenvalue weighted by Gasteiger charge is -2.48. The van der Waals surface area contributed by atoms with Crippen LogP contribution < -0.4 is 0 Å². The van der Waals surface area contributed by atoms with E-state index in [0.717, 1.165) is 44.1 Å². The number of aromatic hydroxyl groups is 2. The molecule has 0 aliphatic heterocycles. The number of ketones is 1. The normalized spacial score (nSPS) is 31.2. The van der Waals surface area contributed by atoms with Crippen LogP contribution in [0.2, 0.25) is 0 Å². The van der Waals surface area contributed by atoms with Crippen LogP contribution in [0.5, 0.6) is 11.5 Å². The van der Waals surface area contributed by atoms with Gasteiger partial charge in [0.05, 0.1) is 0 Å². The van der Waals surface area contributed by atoms with Gasteiger partial charge in [-0.25, -0.2) is 0 Å². The highest BCUT2D eigenvalue weighted by molar-refractivity contribution is 5.87. The number of phenols is 2. The molecule has 5 rings (SSSR count). The summed E-state index contributed by atoms with van der Waals surface area (Å²) in [7, 11) is 0. The summed E-state index contributed by atoms with van der Waals surface area (Å²) in [6.07, 6.45) is 5.87. The van der Waals surface area contributed by atoms with Gasteiger partial charge >= 0.3 is 0 Å². The van der Waals surface area contributed by atoms with E-state index in [1.807, 2.05) is 25.1 Å². The number of carbonyl (C=O) groups is 1. The highest BCUT2D eigenvalue weighted by Gasteiger charge is 2.54. The van der Waals surface area contributed by atoms with Crippen LogP contribution in [-0.2, 0) is 11.2 Å². The van der Waals surface area contributed by atoms with Crippen LogP contribution in [0.25, 0.3) is 11.1 Å². The third kappa shape index (κ3) is 2.45. The molecule has 3 aliphatic carbocycles. The fraction of sp³-hybridized carbons (Fsp3) is 0.480. The topological polar surface area (TPSA) is 57.5 Å². The molecule has 0 spiro atoms. The smallest absolute Gasteiger partial charge is 0.139 e. The molecule has 2 saturated carbocycles. The van der Waals surface area contributed by atoms with Crippen molar-refractivity contribution in [3.63, 3.8) is 0 Å². The van der Waals surface area contributed by atoms with E-state index in [9.17, 15) is 15.0 Å². The molecule has 0 amide bonds. The van der Waals surface area contributed by atoms with Crippen molar-refractivity contribution in [2.24, 2.45) is 17.3 Å². The van der Waals surface area contributed by atoms with Crippen LogP contribution in [0.3, 0.4) is 0 Å². The van der Waals surface area contributed by atoms with Crippen LogP contribution >= 0.6 is 0 Å². The molecule has 146 valence electrons. The van der Waals surface area contributed by atoms with E-state index in [1.54, 1.807) is 6.07 Å². The van der Waals surface area contributed by atoms with Gasteiger partial charge in [-0.2, -0.15) is 0 Å². The Morgan fingerprint density at radius 2 is 1.75 bits per heavy atom. The molecule has 0 heterocycles. The van der Waals surface area contributed by atoms with Gasteiger partial charge in [0.1, 0.15) is 17.3 Å². The number of phenolic OH excluding ortho intramolecular Hbond substituents is 2. The van der Waals surface area contributed by atoms with Crippen molar-refractivity contribution < 1.29 is 15.0 Å². The maximum atomic E-state index is 12.5. The fourth-order valence-corrected chi connectivity index (χ4v) is 6.46. The average Bonchev–Trinajstić information content (AvgIpc) is 2.96. The molecule has 0 saturated heterocycles. The van der Waals surface area contributed by atoms with Crippen LogP contribution in [0, 0.1) is 24.2 Å². The summed E-state index contributed by atoms with van der Waals surface area (Å²) in [4.78, 5) is 12.5.